The maximum Gasteiger partial charge on any atom is 0.303 e. The molecule has 2 rings (SSSR count). The maximum atomic E-state index is 12.2. The van der Waals surface area contributed by atoms with Gasteiger partial charge in [0.05, 0.1) is 12.5 Å². The Kier molecular flexibility index (Phi) is 4.66. The highest BCUT2D eigenvalue weighted by atomic mass is 16.4. The molecule has 114 valence electrons. The highest BCUT2D eigenvalue weighted by Crippen LogP contribution is 2.30. The summed E-state index contributed by atoms with van der Waals surface area (Å²) in [5.41, 5.74) is 1.98. The first-order valence-corrected chi connectivity index (χ1v) is 7.46. The molecule has 1 unspecified atom stereocenters. The zero-order chi connectivity index (χ0) is 15.5. The summed E-state index contributed by atoms with van der Waals surface area (Å²) in [6, 6.07) is 8.27. The summed E-state index contributed by atoms with van der Waals surface area (Å²) < 4.78 is 0. The SMILES string of the molecule is CC(C)(CC(=O)O)CC(=O)NC1CCCc2ccccc21. The van der Waals surface area contributed by atoms with E-state index in [4.69, 9.17) is 5.11 Å². The summed E-state index contributed by atoms with van der Waals surface area (Å²) in [7, 11) is 0. The summed E-state index contributed by atoms with van der Waals surface area (Å²) in [4.78, 5) is 23.0. The highest BCUT2D eigenvalue weighted by molar-refractivity contribution is 5.78. The van der Waals surface area contributed by atoms with E-state index in [0.29, 0.717) is 0 Å². The van der Waals surface area contributed by atoms with E-state index in [1.54, 1.807) is 0 Å². The topological polar surface area (TPSA) is 66.4 Å². The van der Waals surface area contributed by atoms with E-state index in [-0.39, 0.29) is 24.8 Å². The fourth-order valence-electron chi connectivity index (χ4n) is 3.06. The monoisotopic (exact) mass is 289 g/mol. The molecule has 0 radical (unpaired) electrons. The molecule has 0 aromatic heterocycles. The normalized spacial score (nSPS) is 17.9. The number of aryl methyl sites for hydroxylation is 1. The average Bonchev–Trinajstić information content (AvgIpc) is 2.36. The zero-order valence-corrected chi connectivity index (χ0v) is 12.7. The standard InChI is InChI=1S/C17H23NO3/c1-17(2,11-16(20)21)10-15(19)18-14-9-5-7-12-6-3-4-8-13(12)14/h3-4,6,8,14H,5,7,9-11H2,1-2H3,(H,18,19)(H,20,21). The molecule has 1 aromatic carbocycles. The van der Waals surface area contributed by atoms with Gasteiger partial charge in [0.2, 0.25) is 5.91 Å². The Labute approximate surface area is 125 Å². The molecule has 0 aliphatic heterocycles. The average molecular weight is 289 g/mol. The second-order valence-corrected chi connectivity index (χ2v) is 6.62. The predicted molar refractivity (Wildman–Crippen MR) is 80.9 cm³/mol. The molecule has 1 aromatic rings. The smallest absolute Gasteiger partial charge is 0.303 e. The van der Waals surface area contributed by atoms with Crippen molar-refractivity contribution in [2.24, 2.45) is 5.41 Å². The summed E-state index contributed by atoms with van der Waals surface area (Å²) in [5, 5.41) is 12.0. The van der Waals surface area contributed by atoms with Gasteiger partial charge in [-0.05, 0) is 35.8 Å². The second-order valence-electron chi connectivity index (χ2n) is 6.62. The van der Waals surface area contributed by atoms with Crippen molar-refractivity contribution in [2.45, 2.75) is 52.0 Å². The molecule has 0 spiro atoms. The molecule has 0 fully saturated rings. The van der Waals surface area contributed by atoms with Crippen molar-refractivity contribution in [3.05, 3.63) is 35.4 Å². The van der Waals surface area contributed by atoms with Crippen molar-refractivity contribution in [3.63, 3.8) is 0 Å². The number of carboxylic acid groups (broad SMARTS) is 1. The first-order valence-electron chi connectivity index (χ1n) is 7.46. The molecule has 4 heteroatoms. The van der Waals surface area contributed by atoms with Gasteiger partial charge in [0.1, 0.15) is 0 Å². The van der Waals surface area contributed by atoms with E-state index in [1.807, 2.05) is 26.0 Å². The Bertz CT molecular complexity index is 537. The third-order valence-electron chi connectivity index (χ3n) is 3.97. The van der Waals surface area contributed by atoms with Gasteiger partial charge in [0.25, 0.3) is 0 Å². The lowest BCUT2D eigenvalue weighted by atomic mass is 9.84. The quantitative estimate of drug-likeness (QED) is 0.875. The first-order chi connectivity index (χ1) is 9.87. The number of nitrogens with one attached hydrogen (secondary N) is 1. The van der Waals surface area contributed by atoms with Gasteiger partial charge in [-0.15, -0.1) is 0 Å². The van der Waals surface area contributed by atoms with Crippen LogP contribution < -0.4 is 5.32 Å². The summed E-state index contributed by atoms with van der Waals surface area (Å²) in [6.07, 6.45) is 3.31. The molecule has 21 heavy (non-hydrogen) atoms. The fourth-order valence-corrected chi connectivity index (χ4v) is 3.06. The van der Waals surface area contributed by atoms with Crippen molar-refractivity contribution in [1.29, 1.82) is 0 Å². The minimum atomic E-state index is -0.865. The van der Waals surface area contributed by atoms with Crippen molar-refractivity contribution >= 4 is 11.9 Å². The van der Waals surface area contributed by atoms with Crippen LogP contribution in [0.25, 0.3) is 0 Å². The predicted octanol–water partition coefficient (Wildman–Crippen LogP) is 3.07. The highest BCUT2D eigenvalue weighted by Gasteiger charge is 2.27. The molecule has 1 aliphatic rings. The Morgan fingerprint density at radius 1 is 1.29 bits per heavy atom. The molecule has 0 bridgehead atoms. The molecule has 0 saturated carbocycles. The summed E-state index contributed by atoms with van der Waals surface area (Å²) in [5.74, 6) is -0.932. The summed E-state index contributed by atoms with van der Waals surface area (Å²) in [6.45, 7) is 3.63. The Hall–Kier alpha value is -1.84. The Morgan fingerprint density at radius 2 is 2.00 bits per heavy atom. The second kappa shape index (κ2) is 6.29. The van der Waals surface area contributed by atoms with Crippen LogP contribution in [0.3, 0.4) is 0 Å². The van der Waals surface area contributed by atoms with Crippen LogP contribution >= 0.6 is 0 Å². The number of carbonyl (C=O) groups is 2. The molecule has 2 N–H and O–H groups in total. The van der Waals surface area contributed by atoms with Crippen molar-refractivity contribution < 1.29 is 14.7 Å². The van der Waals surface area contributed by atoms with E-state index in [9.17, 15) is 9.59 Å². The van der Waals surface area contributed by atoms with Gasteiger partial charge in [0.15, 0.2) is 0 Å². The van der Waals surface area contributed by atoms with Gasteiger partial charge in [-0.2, -0.15) is 0 Å². The fraction of sp³-hybridized carbons (Fsp3) is 0.529. The van der Waals surface area contributed by atoms with Crippen LogP contribution in [0.2, 0.25) is 0 Å². The van der Waals surface area contributed by atoms with Gasteiger partial charge < -0.3 is 10.4 Å². The third kappa shape index (κ3) is 4.31. The van der Waals surface area contributed by atoms with Gasteiger partial charge in [-0.3, -0.25) is 9.59 Å². The molecular weight excluding hydrogens is 266 g/mol. The number of rotatable bonds is 5. The number of fused-ring (bicyclic) bond motifs is 1. The first kappa shape index (κ1) is 15.5. The number of aliphatic carboxylic acids is 1. The Balaban J connectivity index is 1.99. The lowest BCUT2D eigenvalue weighted by molar-refractivity contribution is -0.139. The van der Waals surface area contributed by atoms with E-state index < -0.39 is 11.4 Å². The van der Waals surface area contributed by atoms with Crippen LogP contribution in [0, 0.1) is 5.41 Å². The van der Waals surface area contributed by atoms with Crippen LogP contribution in [0.1, 0.15) is 56.7 Å². The minimum absolute atomic E-state index is 0.00166. The van der Waals surface area contributed by atoms with Crippen LogP contribution in [-0.4, -0.2) is 17.0 Å². The molecular formula is C17H23NO3. The molecule has 1 aliphatic carbocycles. The number of hydrogen-bond acceptors (Lipinski definition) is 2. The lowest BCUT2D eigenvalue weighted by Gasteiger charge is -2.28. The van der Waals surface area contributed by atoms with E-state index in [1.165, 1.54) is 11.1 Å². The van der Waals surface area contributed by atoms with E-state index >= 15 is 0 Å². The number of amides is 1. The van der Waals surface area contributed by atoms with E-state index in [2.05, 4.69) is 17.4 Å². The molecule has 1 atom stereocenters. The maximum absolute atomic E-state index is 12.2. The number of hydrogen-bond donors (Lipinski definition) is 2. The Morgan fingerprint density at radius 3 is 2.71 bits per heavy atom. The van der Waals surface area contributed by atoms with Crippen LogP contribution in [-0.2, 0) is 16.0 Å². The van der Waals surface area contributed by atoms with Crippen LogP contribution in [0.4, 0.5) is 0 Å². The third-order valence-corrected chi connectivity index (χ3v) is 3.97. The van der Waals surface area contributed by atoms with Crippen molar-refractivity contribution in [2.75, 3.05) is 0 Å². The zero-order valence-electron chi connectivity index (χ0n) is 12.7. The van der Waals surface area contributed by atoms with Crippen molar-refractivity contribution in [1.82, 2.24) is 5.32 Å². The van der Waals surface area contributed by atoms with Gasteiger partial charge in [-0.25, -0.2) is 0 Å². The number of carboxylic acids is 1. The number of benzene rings is 1. The lowest BCUT2D eigenvalue weighted by Crippen LogP contribution is -2.34. The molecule has 0 saturated heterocycles. The van der Waals surface area contributed by atoms with Gasteiger partial charge in [0, 0.05) is 6.42 Å². The minimum Gasteiger partial charge on any atom is -0.481 e. The van der Waals surface area contributed by atoms with Gasteiger partial charge in [-0.1, -0.05) is 38.1 Å². The van der Waals surface area contributed by atoms with Crippen LogP contribution in [0.15, 0.2) is 24.3 Å². The largest absolute Gasteiger partial charge is 0.481 e. The number of carbonyl (C=O) groups excluding carboxylic acids is 1. The van der Waals surface area contributed by atoms with Gasteiger partial charge >= 0.3 is 5.97 Å². The van der Waals surface area contributed by atoms with E-state index in [0.717, 1.165) is 19.3 Å². The molecule has 4 nitrogen and oxygen atoms in total. The van der Waals surface area contributed by atoms with Crippen molar-refractivity contribution in [3.8, 4) is 0 Å². The molecule has 1 amide bonds. The van der Waals surface area contributed by atoms with Crippen LogP contribution in [0.5, 0.6) is 0 Å². The molecule has 0 heterocycles. The summed E-state index contributed by atoms with van der Waals surface area (Å²) >= 11 is 0.